The molecule has 2 N–H and O–H groups in total. The highest BCUT2D eigenvalue weighted by molar-refractivity contribution is 5.48. The van der Waals surface area contributed by atoms with Crippen molar-refractivity contribution in [1.82, 2.24) is 0 Å². The zero-order valence-electron chi connectivity index (χ0n) is 11.3. The van der Waals surface area contributed by atoms with Gasteiger partial charge in [-0.05, 0) is 42.3 Å². The van der Waals surface area contributed by atoms with Gasteiger partial charge in [-0.2, -0.15) is 0 Å². The van der Waals surface area contributed by atoms with Gasteiger partial charge in [0, 0.05) is 18.8 Å². The molecule has 0 radical (unpaired) electrons. The number of hydrogen-bond acceptors (Lipinski definition) is 3. The first-order valence-corrected chi connectivity index (χ1v) is 6.32. The standard InChI is InChI=1S/C16H19NO2/c1-12(14-6-4-8-16(18)10-14)17-15-7-3-5-13(9-15)11-19-2/h3-10,12,17-18H,11H2,1-2H3. The summed E-state index contributed by atoms with van der Waals surface area (Å²) >= 11 is 0. The molecule has 2 rings (SSSR count). The summed E-state index contributed by atoms with van der Waals surface area (Å²) in [7, 11) is 1.69. The number of nitrogens with one attached hydrogen (secondary N) is 1. The number of phenolic OH excluding ortho intramolecular Hbond substituents is 1. The second-order valence-corrected chi connectivity index (χ2v) is 4.59. The lowest BCUT2D eigenvalue weighted by molar-refractivity contribution is 0.185. The molecule has 0 bridgehead atoms. The summed E-state index contributed by atoms with van der Waals surface area (Å²) in [5.41, 5.74) is 3.23. The van der Waals surface area contributed by atoms with Crippen molar-refractivity contribution in [3.8, 4) is 5.75 Å². The molecule has 0 amide bonds. The number of benzene rings is 2. The van der Waals surface area contributed by atoms with Crippen molar-refractivity contribution >= 4 is 5.69 Å². The fourth-order valence-electron chi connectivity index (χ4n) is 2.05. The average molecular weight is 257 g/mol. The Hall–Kier alpha value is -2.00. The predicted molar refractivity (Wildman–Crippen MR) is 77.3 cm³/mol. The van der Waals surface area contributed by atoms with E-state index in [1.807, 2.05) is 30.3 Å². The summed E-state index contributed by atoms with van der Waals surface area (Å²) in [5.74, 6) is 0.291. The molecule has 0 fully saturated rings. The first-order valence-electron chi connectivity index (χ1n) is 6.32. The van der Waals surface area contributed by atoms with Crippen molar-refractivity contribution in [3.63, 3.8) is 0 Å². The monoisotopic (exact) mass is 257 g/mol. The zero-order valence-corrected chi connectivity index (χ0v) is 11.3. The molecular formula is C16H19NO2. The van der Waals surface area contributed by atoms with E-state index in [2.05, 4.69) is 18.3 Å². The maximum atomic E-state index is 9.50. The van der Waals surface area contributed by atoms with Crippen molar-refractivity contribution in [3.05, 3.63) is 59.7 Å². The van der Waals surface area contributed by atoms with Crippen LogP contribution in [-0.4, -0.2) is 12.2 Å². The minimum atomic E-state index is 0.130. The molecule has 0 spiro atoms. The Labute approximate surface area is 113 Å². The van der Waals surface area contributed by atoms with Crippen LogP contribution in [0.2, 0.25) is 0 Å². The molecular weight excluding hydrogens is 238 g/mol. The molecule has 1 atom stereocenters. The quantitative estimate of drug-likeness (QED) is 0.858. The van der Waals surface area contributed by atoms with Gasteiger partial charge in [-0.15, -0.1) is 0 Å². The van der Waals surface area contributed by atoms with Crippen molar-refractivity contribution in [1.29, 1.82) is 0 Å². The number of ether oxygens (including phenoxy) is 1. The van der Waals surface area contributed by atoms with Crippen LogP contribution in [0.25, 0.3) is 0 Å². The van der Waals surface area contributed by atoms with Crippen LogP contribution in [0.5, 0.6) is 5.75 Å². The molecule has 3 nitrogen and oxygen atoms in total. The van der Waals surface area contributed by atoms with E-state index >= 15 is 0 Å². The van der Waals surface area contributed by atoms with Crippen LogP contribution in [0.3, 0.4) is 0 Å². The third-order valence-electron chi connectivity index (χ3n) is 2.99. The number of rotatable bonds is 5. The number of anilines is 1. The van der Waals surface area contributed by atoms with Crippen LogP contribution in [0, 0.1) is 0 Å². The first-order chi connectivity index (χ1) is 9.19. The van der Waals surface area contributed by atoms with Crippen molar-refractivity contribution in [2.45, 2.75) is 19.6 Å². The fraction of sp³-hybridized carbons (Fsp3) is 0.250. The molecule has 2 aromatic carbocycles. The summed E-state index contributed by atoms with van der Waals surface area (Å²) in [5, 5.41) is 12.9. The van der Waals surface area contributed by atoms with Gasteiger partial charge >= 0.3 is 0 Å². The van der Waals surface area contributed by atoms with E-state index in [0.29, 0.717) is 12.4 Å². The van der Waals surface area contributed by atoms with Crippen LogP contribution in [0.1, 0.15) is 24.1 Å². The largest absolute Gasteiger partial charge is 0.508 e. The molecule has 0 aromatic heterocycles. The summed E-state index contributed by atoms with van der Waals surface area (Å²) in [4.78, 5) is 0. The summed E-state index contributed by atoms with van der Waals surface area (Å²) in [6, 6.07) is 15.6. The van der Waals surface area contributed by atoms with Crippen LogP contribution in [0.4, 0.5) is 5.69 Å². The predicted octanol–water partition coefficient (Wildman–Crippen LogP) is 3.71. The number of methoxy groups -OCH3 is 1. The first kappa shape index (κ1) is 13.4. The molecule has 0 saturated heterocycles. The fourth-order valence-corrected chi connectivity index (χ4v) is 2.05. The highest BCUT2D eigenvalue weighted by Gasteiger charge is 2.06. The Balaban J connectivity index is 2.10. The summed E-state index contributed by atoms with van der Waals surface area (Å²) < 4.78 is 5.13. The van der Waals surface area contributed by atoms with Gasteiger partial charge in [0.1, 0.15) is 5.75 Å². The Morgan fingerprint density at radius 1 is 1.16 bits per heavy atom. The molecule has 100 valence electrons. The van der Waals surface area contributed by atoms with Crippen LogP contribution < -0.4 is 5.32 Å². The maximum Gasteiger partial charge on any atom is 0.115 e. The maximum absolute atomic E-state index is 9.50. The van der Waals surface area contributed by atoms with E-state index in [0.717, 1.165) is 16.8 Å². The molecule has 0 heterocycles. The van der Waals surface area contributed by atoms with E-state index < -0.39 is 0 Å². The lowest BCUT2D eigenvalue weighted by atomic mass is 10.1. The molecule has 0 aliphatic heterocycles. The molecule has 3 heteroatoms. The summed E-state index contributed by atoms with van der Waals surface area (Å²) in [6.07, 6.45) is 0. The molecule has 0 aliphatic rings. The van der Waals surface area contributed by atoms with E-state index in [9.17, 15) is 5.11 Å². The highest BCUT2D eigenvalue weighted by atomic mass is 16.5. The second kappa shape index (κ2) is 6.25. The second-order valence-electron chi connectivity index (χ2n) is 4.59. The Morgan fingerprint density at radius 2 is 1.95 bits per heavy atom. The topological polar surface area (TPSA) is 41.5 Å². The summed E-state index contributed by atoms with van der Waals surface area (Å²) in [6.45, 7) is 2.67. The van der Waals surface area contributed by atoms with Gasteiger partial charge in [0.2, 0.25) is 0 Å². The minimum absolute atomic E-state index is 0.130. The van der Waals surface area contributed by atoms with Crippen LogP contribution >= 0.6 is 0 Å². The third-order valence-corrected chi connectivity index (χ3v) is 2.99. The zero-order chi connectivity index (χ0) is 13.7. The Bertz CT molecular complexity index is 540. The van der Waals surface area contributed by atoms with Gasteiger partial charge in [-0.25, -0.2) is 0 Å². The normalized spacial score (nSPS) is 12.1. The lowest BCUT2D eigenvalue weighted by Gasteiger charge is -2.16. The average Bonchev–Trinajstić information content (AvgIpc) is 2.39. The minimum Gasteiger partial charge on any atom is -0.508 e. The van der Waals surface area contributed by atoms with Gasteiger partial charge in [0.15, 0.2) is 0 Å². The lowest BCUT2D eigenvalue weighted by Crippen LogP contribution is -2.06. The Kier molecular flexibility index (Phi) is 4.42. The number of hydrogen-bond donors (Lipinski definition) is 2. The molecule has 19 heavy (non-hydrogen) atoms. The third kappa shape index (κ3) is 3.73. The molecule has 1 unspecified atom stereocenters. The SMILES string of the molecule is COCc1cccc(NC(C)c2cccc(O)c2)c1. The van der Waals surface area contributed by atoms with Gasteiger partial charge in [0.25, 0.3) is 0 Å². The van der Waals surface area contributed by atoms with Crippen LogP contribution in [-0.2, 0) is 11.3 Å². The van der Waals surface area contributed by atoms with E-state index in [1.54, 1.807) is 19.2 Å². The van der Waals surface area contributed by atoms with Gasteiger partial charge in [0.05, 0.1) is 6.61 Å². The van der Waals surface area contributed by atoms with Crippen molar-refractivity contribution in [2.24, 2.45) is 0 Å². The molecule has 0 aliphatic carbocycles. The molecule has 2 aromatic rings. The van der Waals surface area contributed by atoms with E-state index in [4.69, 9.17) is 4.74 Å². The van der Waals surface area contributed by atoms with E-state index in [1.165, 1.54) is 0 Å². The molecule has 0 saturated carbocycles. The number of phenols is 1. The van der Waals surface area contributed by atoms with Gasteiger partial charge in [-0.3, -0.25) is 0 Å². The Morgan fingerprint density at radius 3 is 2.68 bits per heavy atom. The van der Waals surface area contributed by atoms with Gasteiger partial charge < -0.3 is 15.2 Å². The van der Waals surface area contributed by atoms with Crippen LogP contribution in [0.15, 0.2) is 48.5 Å². The van der Waals surface area contributed by atoms with Crippen molar-refractivity contribution < 1.29 is 9.84 Å². The van der Waals surface area contributed by atoms with Crippen molar-refractivity contribution in [2.75, 3.05) is 12.4 Å². The van der Waals surface area contributed by atoms with Gasteiger partial charge in [-0.1, -0.05) is 24.3 Å². The smallest absolute Gasteiger partial charge is 0.115 e. The van der Waals surface area contributed by atoms with E-state index in [-0.39, 0.29) is 6.04 Å². The highest BCUT2D eigenvalue weighted by Crippen LogP contribution is 2.22. The number of aromatic hydroxyl groups is 1.